The van der Waals surface area contributed by atoms with Gasteiger partial charge in [-0.3, -0.25) is 0 Å². The molecule has 0 radical (unpaired) electrons. The first-order chi connectivity index (χ1) is 10.8. The Kier molecular flexibility index (Phi) is 4.85. The summed E-state index contributed by atoms with van der Waals surface area (Å²) in [5.74, 6) is 0. The highest BCUT2D eigenvalue weighted by Gasteiger charge is 2.26. The van der Waals surface area contributed by atoms with E-state index in [0.29, 0.717) is 5.69 Å². The molecule has 0 saturated carbocycles. The predicted octanol–water partition coefficient (Wildman–Crippen LogP) is 2.95. The van der Waals surface area contributed by atoms with Crippen LogP contribution < -0.4 is 0 Å². The lowest BCUT2D eigenvalue weighted by Crippen LogP contribution is -2.09. The molecule has 0 spiro atoms. The minimum atomic E-state index is -0.107. The topological polar surface area (TPSA) is 60.2 Å². The third-order valence-corrected chi connectivity index (χ3v) is 4.16. The molecule has 1 aromatic carbocycles. The predicted molar refractivity (Wildman–Crippen MR) is 83.8 cm³/mol. The SMILES string of the molecule is CCCCc1ccc(-n2nnc(CO)c2C2CCCO2)cc1. The summed E-state index contributed by atoms with van der Waals surface area (Å²) in [6.07, 6.45) is 5.49. The second-order valence-corrected chi connectivity index (χ2v) is 5.76. The van der Waals surface area contributed by atoms with Crippen molar-refractivity contribution in [2.75, 3.05) is 6.61 Å². The van der Waals surface area contributed by atoms with Gasteiger partial charge in [0.25, 0.3) is 0 Å². The van der Waals surface area contributed by atoms with Gasteiger partial charge in [0.15, 0.2) is 0 Å². The molecule has 0 bridgehead atoms. The van der Waals surface area contributed by atoms with Gasteiger partial charge in [-0.05, 0) is 43.4 Å². The molecule has 1 fully saturated rings. The Morgan fingerprint density at radius 1 is 1.32 bits per heavy atom. The molecule has 0 aliphatic carbocycles. The first-order valence-electron chi connectivity index (χ1n) is 8.09. The van der Waals surface area contributed by atoms with Crippen LogP contribution in [-0.4, -0.2) is 26.7 Å². The standard InChI is InChI=1S/C17H23N3O2/c1-2-3-5-13-7-9-14(10-8-13)20-17(15(12-21)18-19-20)16-6-4-11-22-16/h7-10,16,21H,2-6,11-12H2,1H3. The first-order valence-corrected chi connectivity index (χ1v) is 8.09. The molecule has 118 valence electrons. The molecule has 2 aromatic rings. The van der Waals surface area contributed by atoms with Gasteiger partial charge in [-0.15, -0.1) is 5.10 Å². The number of rotatable bonds is 6. The summed E-state index contributed by atoms with van der Waals surface area (Å²) in [7, 11) is 0. The van der Waals surface area contributed by atoms with Gasteiger partial charge >= 0.3 is 0 Å². The van der Waals surface area contributed by atoms with Crippen LogP contribution in [0.5, 0.6) is 0 Å². The number of unbranched alkanes of at least 4 members (excludes halogenated alkanes) is 1. The summed E-state index contributed by atoms with van der Waals surface area (Å²) in [5.41, 5.74) is 3.81. The molecular formula is C17H23N3O2. The Bertz CT molecular complexity index is 601. The molecule has 5 nitrogen and oxygen atoms in total. The Balaban J connectivity index is 1.89. The average Bonchev–Trinajstić information content (AvgIpc) is 3.21. The maximum absolute atomic E-state index is 9.51. The maximum atomic E-state index is 9.51. The Morgan fingerprint density at radius 2 is 2.14 bits per heavy atom. The van der Waals surface area contributed by atoms with Crippen molar-refractivity contribution in [2.24, 2.45) is 0 Å². The number of aromatic nitrogens is 3. The molecule has 1 N–H and O–H groups in total. The van der Waals surface area contributed by atoms with Crippen LogP contribution in [0.1, 0.15) is 55.7 Å². The molecule has 2 heterocycles. The summed E-state index contributed by atoms with van der Waals surface area (Å²) in [4.78, 5) is 0. The number of nitrogens with zero attached hydrogens (tertiary/aromatic N) is 3. The number of aryl methyl sites for hydroxylation is 1. The van der Waals surface area contributed by atoms with Crippen molar-refractivity contribution in [3.63, 3.8) is 0 Å². The van der Waals surface area contributed by atoms with E-state index in [1.807, 2.05) is 4.68 Å². The first kappa shape index (κ1) is 15.2. The Morgan fingerprint density at radius 3 is 2.77 bits per heavy atom. The van der Waals surface area contributed by atoms with E-state index < -0.39 is 0 Å². The van der Waals surface area contributed by atoms with Crippen LogP contribution in [-0.2, 0) is 17.8 Å². The van der Waals surface area contributed by atoms with Crippen LogP contribution in [0.25, 0.3) is 5.69 Å². The fraction of sp³-hybridized carbons (Fsp3) is 0.529. The van der Waals surface area contributed by atoms with Gasteiger partial charge in [-0.2, -0.15) is 0 Å². The number of ether oxygens (including phenoxy) is 1. The highest BCUT2D eigenvalue weighted by molar-refractivity contribution is 5.36. The summed E-state index contributed by atoms with van der Waals surface area (Å²) >= 11 is 0. The summed E-state index contributed by atoms with van der Waals surface area (Å²) in [5, 5.41) is 17.8. The van der Waals surface area contributed by atoms with Crippen LogP contribution in [0.3, 0.4) is 0 Å². The van der Waals surface area contributed by atoms with Gasteiger partial charge in [0.05, 0.1) is 18.0 Å². The zero-order valence-corrected chi connectivity index (χ0v) is 13.0. The molecule has 1 aliphatic heterocycles. The second kappa shape index (κ2) is 7.03. The third kappa shape index (κ3) is 3.05. The minimum Gasteiger partial charge on any atom is -0.390 e. The van der Waals surface area contributed by atoms with Crippen molar-refractivity contribution in [3.05, 3.63) is 41.2 Å². The van der Waals surface area contributed by atoms with Gasteiger partial charge in [-0.1, -0.05) is 30.7 Å². The smallest absolute Gasteiger partial charge is 0.114 e. The van der Waals surface area contributed by atoms with Crippen molar-refractivity contribution in [3.8, 4) is 5.69 Å². The largest absolute Gasteiger partial charge is 0.390 e. The summed E-state index contributed by atoms with van der Waals surface area (Å²) in [6, 6.07) is 8.42. The highest BCUT2D eigenvalue weighted by Crippen LogP contribution is 2.31. The van der Waals surface area contributed by atoms with Crippen molar-refractivity contribution in [1.29, 1.82) is 0 Å². The number of aliphatic hydroxyl groups excluding tert-OH is 1. The third-order valence-electron chi connectivity index (χ3n) is 4.16. The lowest BCUT2D eigenvalue weighted by Gasteiger charge is -2.13. The second-order valence-electron chi connectivity index (χ2n) is 5.76. The highest BCUT2D eigenvalue weighted by atomic mass is 16.5. The lowest BCUT2D eigenvalue weighted by molar-refractivity contribution is 0.104. The number of hydrogen-bond donors (Lipinski definition) is 1. The summed E-state index contributed by atoms with van der Waals surface area (Å²) < 4.78 is 7.58. The van der Waals surface area contributed by atoms with E-state index >= 15 is 0 Å². The van der Waals surface area contributed by atoms with E-state index in [9.17, 15) is 5.11 Å². The van der Waals surface area contributed by atoms with Crippen LogP contribution in [0.2, 0.25) is 0 Å². The van der Waals surface area contributed by atoms with Gasteiger partial charge < -0.3 is 9.84 Å². The van der Waals surface area contributed by atoms with E-state index in [0.717, 1.165) is 37.3 Å². The van der Waals surface area contributed by atoms with Crippen molar-refractivity contribution in [1.82, 2.24) is 15.0 Å². The molecule has 3 rings (SSSR count). The van der Waals surface area contributed by atoms with Gasteiger partial charge in [0, 0.05) is 6.61 Å². The molecule has 22 heavy (non-hydrogen) atoms. The molecule has 1 saturated heterocycles. The molecular weight excluding hydrogens is 278 g/mol. The van der Waals surface area contributed by atoms with E-state index in [-0.39, 0.29) is 12.7 Å². The Labute approximate surface area is 130 Å². The normalized spacial score (nSPS) is 18.0. The number of benzene rings is 1. The number of aliphatic hydroxyl groups is 1. The quantitative estimate of drug-likeness (QED) is 0.891. The zero-order valence-electron chi connectivity index (χ0n) is 13.0. The van der Waals surface area contributed by atoms with Crippen molar-refractivity contribution < 1.29 is 9.84 Å². The fourth-order valence-corrected chi connectivity index (χ4v) is 2.92. The molecule has 1 atom stereocenters. The molecule has 1 unspecified atom stereocenters. The summed E-state index contributed by atoms with van der Waals surface area (Å²) in [6.45, 7) is 2.86. The Hall–Kier alpha value is -1.72. The van der Waals surface area contributed by atoms with E-state index in [1.165, 1.54) is 18.4 Å². The molecule has 0 amide bonds. The van der Waals surface area contributed by atoms with E-state index in [4.69, 9.17) is 4.74 Å². The molecule has 5 heteroatoms. The van der Waals surface area contributed by atoms with Crippen LogP contribution in [0.4, 0.5) is 0 Å². The molecule has 1 aliphatic rings. The van der Waals surface area contributed by atoms with E-state index in [2.05, 4.69) is 41.5 Å². The van der Waals surface area contributed by atoms with E-state index in [1.54, 1.807) is 0 Å². The van der Waals surface area contributed by atoms with Crippen molar-refractivity contribution in [2.45, 2.75) is 51.7 Å². The van der Waals surface area contributed by atoms with Gasteiger partial charge in [-0.25, -0.2) is 4.68 Å². The lowest BCUT2D eigenvalue weighted by atomic mass is 10.1. The zero-order chi connectivity index (χ0) is 15.4. The maximum Gasteiger partial charge on any atom is 0.114 e. The van der Waals surface area contributed by atoms with Crippen LogP contribution >= 0.6 is 0 Å². The van der Waals surface area contributed by atoms with Crippen molar-refractivity contribution >= 4 is 0 Å². The minimum absolute atomic E-state index is 0.0167. The number of hydrogen-bond acceptors (Lipinski definition) is 4. The van der Waals surface area contributed by atoms with Gasteiger partial charge in [0.2, 0.25) is 0 Å². The van der Waals surface area contributed by atoms with Crippen LogP contribution in [0, 0.1) is 0 Å². The van der Waals surface area contributed by atoms with Crippen LogP contribution in [0.15, 0.2) is 24.3 Å². The average molecular weight is 301 g/mol. The monoisotopic (exact) mass is 301 g/mol. The molecule has 1 aromatic heterocycles. The fourth-order valence-electron chi connectivity index (χ4n) is 2.92. The van der Waals surface area contributed by atoms with Gasteiger partial charge in [0.1, 0.15) is 11.8 Å².